The van der Waals surface area contributed by atoms with Crippen LogP contribution in [0.4, 0.5) is 14.5 Å². The van der Waals surface area contributed by atoms with Crippen molar-refractivity contribution in [2.45, 2.75) is 44.2 Å². The van der Waals surface area contributed by atoms with Crippen LogP contribution in [0.5, 0.6) is 5.75 Å². The molecule has 1 aliphatic rings. The number of hydrogen-bond donors (Lipinski definition) is 3. The molecule has 0 bridgehead atoms. The average molecular weight is 614 g/mol. The first kappa shape index (κ1) is 31.5. The number of benzene rings is 4. The van der Waals surface area contributed by atoms with E-state index in [1.165, 1.54) is 24.3 Å². The average Bonchev–Trinajstić information content (AvgIpc) is 3.51. The van der Waals surface area contributed by atoms with Crippen molar-refractivity contribution >= 4 is 23.3 Å². The number of halogens is 2. The minimum Gasteiger partial charge on any atom is -0.480 e. The Hall–Kier alpha value is -4.93. The minimum absolute atomic E-state index is 0.150. The van der Waals surface area contributed by atoms with Crippen molar-refractivity contribution in [3.63, 3.8) is 0 Å². The van der Waals surface area contributed by atoms with Gasteiger partial charge in [0.1, 0.15) is 11.9 Å². The van der Waals surface area contributed by atoms with Crippen LogP contribution in [0.15, 0.2) is 114 Å². The third-order valence-corrected chi connectivity index (χ3v) is 7.66. The molecule has 1 heterocycles. The largest absolute Gasteiger partial charge is 0.480 e. The number of aliphatic hydroxyl groups is 1. The van der Waals surface area contributed by atoms with Gasteiger partial charge in [0.2, 0.25) is 5.91 Å². The molecule has 4 aromatic carbocycles. The molecule has 4 aromatic rings. The van der Waals surface area contributed by atoms with E-state index < -0.39 is 24.7 Å². The standard InChI is InChI=1S/C35H33F2N3O5/c36-35(37)45-29-20-10-8-17-26(29)32(41)31(34(43)44)39-30(24-14-5-2-6-15-24)25-16-7-9-18-27(25)38-33(42)28-19-11-21-40(28)22-23-12-3-1-4-13-23/h1-10,12-18,20,28,31-32,35,41H,11,19,21-22H2,(H,38,42)(H,43,44)/t28-,31-,32+/m0/s1. The Morgan fingerprint density at radius 3 is 2.27 bits per heavy atom. The van der Waals surface area contributed by atoms with Crippen molar-refractivity contribution in [3.05, 3.63) is 131 Å². The molecule has 1 fully saturated rings. The summed E-state index contributed by atoms with van der Waals surface area (Å²) in [5.41, 5.74) is 2.52. The van der Waals surface area contributed by atoms with Gasteiger partial charge in [-0.3, -0.25) is 14.7 Å². The first-order valence-corrected chi connectivity index (χ1v) is 14.6. The van der Waals surface area contributed by atoms with Crippen LogP contribution in [0.25, 0.3) is 0 Å². The van der Waals surface area contributed by atoms with Gasteiger partial charge in [0.05, 0.1) is 17.4 Å². The Labute approximate surface area is 259 Å². The second-order valence-corrected chi connectivity index (χ2v) is 10.6. The summed E-state index contributed by atoms with van der Waals surface area (Å²) >= 11 is 0. The molecule has 3 atom stereocenters. The lowest BCUT2D eigenvalue weighted by molar-refractivity contribution is -0.141. The quantitative estimate of drug-likeness (QED) is 0.171. The number of nitrogens with zero attached hydrogens (tertiary/aromatic N) is 2. The fraction of sp³-hybridized carbons (Fsp3) is 0.229. The number of likely N-dealkylation sites (tertiary alicyclic amines) is 1. The fourth-order valence-corrected chi connectivity index (χ4v) is 5.54. The second-order valence-electron chi connectivity index (χ2n) is 10.6. The molecule has 0 aliphatic carbocycles. The molecular formula is C35H33F2N3O5. The maximum Gasteiger partial charge on any atom is 0.387 e. The number of carboxylic acid groups (broad SMARTS) is 1. The number of amides is 1. The second kappa shape index (κ2) is 14.7. The monoisotopic (exact) mass is 613 g/mol. The lowest BCUT2D eigenvalue weighted by atomic mass is 9.97. The van der Waals surface area contributed by atoms with Crippen LogP contribution in [0.2, 0.25) is 0 Å². The Bertz CT molecular complexity index is 1630. The smallest absolute Gasteiger partial charge is 0.387 e. The number of carbonyl (C=O) groups is 2. The SMILES string of the molecule is O=C(O)[C@@H](N=C(c1ccccc1)c1ccccc1NC(=O)[C@@H]1CCCN1Cc1ccccc1)[C@H](O)c1ccccc1OC(F)F. The molecule has 0 aromatic heterocycles. The highest BCUT2D eigenvalue weighted by Gasteiger charge is 2.33. The zero-order valence-electron chi connectivity index (χ0n) is 24.3. The maximum atomic E-state index is 13.7. The van der Waals surface area contributed by atoms with E-state index in [9.17, 15) is 28.6 Å². The highest BCUT2D eigenvalue weighted by atomic mass is 19.3. The predicted octanol–water partition coefficient (Wildman–Crippen LogP) is 5.92. The lowest BCUT2D eigenvalue weighted by Crippen LogP contribution is -2.39. The van der Waals surface area contributed by atoms with E-state index in [0.717, 1.165) is 18.5 Å². The van der Waals surface area contributed by atoms with Gasteiger partial charge in [-0.15, -0.1) is 0 Å². The van der Waals surface area contributed by atoms with Crippen LogP contribution in [-0.4, -0.2) is 57.9 Å². The summed E-state index contributed by atoms with van der Waals surface area (Å²) in [6.45, 7) is -1.77. The third-order valence-electron chi connectivity index (χ3n) is 7.66. The number of alkyl halides is 2. The van der Waals surface area contributed by atoms with Gasteiger partial charge >= 0.3 is 12.6 Å². The number of anilines is 1. The van der Waals surface area contributed by atoms with Crippen molar-refractivity contribution in [2.24, 2.45) is 4.99 Å². The molecular weight excluding hydrogens is 580 g/mol. The van der Waals surface area contributed by atoms with Crippen LogP contribution in [0.3, 0.4) is 0 Å². The minimum atomic E-state index is -3.18. The van der Waals surface area contributed by atoms with Gasteiger partial charge in [0.25, 0.3) is 0 Å². The van der Waals surface area contributed by atoms with Crippen molar-refractivity contribution in [2.75, 3.05) is 11.9 Å². The Balaban J connectivity index is 1.50. The van der Waals surface area contributed by atoms with E-state index in [0.29, 0.717) is 29.8 Å². The Kier molecular flexibility index (Phi) is 10.3. The summed E-state index contributed by atoms with van der Waals surface area (Å²) in [4.78, 5) is 32.9. The Morgan fingerprint density at radius 1 is 0.911 bits per heavy atom. The van der Waals surface area contributed by atoms with E-state index in [-0.39, 0.29) is 29.0 Å². The summed E-state index contributed by atoms with van der Waals surface area (Å²) in [6, 6.07) is 28.9. The normalized spacial score (nSPS) is 16.7. The van der Waals surface area contributed by atoms with E-state index in [2.05, 4.69) is 19.9 Å². The molecule has 45 heavy (non-hydrogen) atoms. The van der Waals surface area contributed by atoms with Crippen LogP contribution in [0, 0.1) is 0 Å². The van der Waals surface area contributed by atoms with E-state index in [1.54, 1.807) is 54.6 Å². The van der Waals surface area contributed by atoms with Crippen LogP contribution < -0.4 is 10.1 Å². The third kappa shape index (κ3) is 7.78. The van der Waals surface area contributed by atoms with Crippen molar-refractivity contribution in [1.29, 1.82) is 0 Å². The van der Waals surface area contributed by atoms with Crippen molar-refractivity contribution < 1.29 is 33.3 Å². The topological polar surface area (TPSA) is 111 Å². The van der Waals surface area contributed by atoms with E-state index >= 15 is 0 Å². The van der Waals surface area contributed by atoms with Crippen molar-refractivity contribution in [3.8, 4) is 5.75 Å². The highest BCUT2D eigenvalue weighted by Crippen LogP contribution is 2.32. The van der Waals surface area contributed by atoms with Gasteiger partial charge < -0.3 is 20.3 Å². The number of hydrogen-bond acceptors (Lipinski definition) is 6. The molecule has 0 spiro atoms. The van der Waals surface area contributed by atoms with Gasteiger partial charge in [-0.1, -0.05) is 97.1 Å². The van der Waals surface area contributed by atoms with Gasteiger partial charge in [0.15, 0.2) is 6.04 Å². The number of rotatable bonds is 12. The van der Waals surface area contributed by atoms with E-state index in [4.69, 9.17) is 0 Å². The number of aliphatic imine (C=N–C) groups is 1. The summed E-state index contributed by atoms with van der Waals surface area (Å²) in [7, 11) is 0. The predicted molar refractivity (Wildman–Crippen MR) is 166 cm³/mol. The summed E-state index contributed by atoms with van der Waals surface area (Å²) in [5, 5.41) is 24.4. The number of carbonyl (C=O) groups excluding carboxylic acids is 1. The van der Waals surface area contributed by atoms with Gasteiger partial charge in [-0.05, 0) is 37.1 Å². The zero-order chi connectivity index (χ0) is 31.8. The molecule has 0 radical (unpaired) electrons. The molecule has 10 heteroatoms. The van der Waals surface area contributed by atoms with Crippen molar-refractivity contribution in [1.82, 2.24) is 4.90 Å². The summed E-state index contributed by atoms with van der Waals surface area (Å²) in [6.07, 6.45) is -0.269. The van der Waals surface area contributed by atoms with Crippen LogP contribution >= 0.6 is 0 Å². The first-order chi connectivity index (χ1) is 21.8. The number of para-hydroxylation sites is 2. The van der Waals surface area contributed by atoms with Crippen LogP contribution in [0.1, 0.15) is 41.2 Å². The highest BCUT2D eigenvalue weighted by molar-refractivity contribution is 6.17. The molecule has 1 aliphatic heterocycles. The van der Waals surface area contributed by atoms with Gasteiger partial charge in [-0.25, -0.2) is 4.79 Å². The molecule has 5 rings (SSSR count). The Morgan fingerprint density at radius 2 is 1.56 bits per heavy atom. The summed E-state index contributed by atoms with van der Waals surface area (Å²) < 4.78 is 30.7. The molecule has 1 amide bonds. The molecule has 8 nitrogen and oxygen atoms in total. The summed E-state index contributed by atoms with van der Waals surface area (Å²) in [5.74, 6) is -2.03. The maximum absolute atomic E-state index is 13.7. The number of aliphatic carboxylic acids is 1. The fourth-order valence-electron chi connectivity index (χ4n) is 5.54. The number of carboxylic acids is 1. The van der Waals surface area contributed by atoms with Gasteiger partial charge in [-0.2, -0.15) is 8.78 Å². The number of nitrogens with one attached hydrogen (secondary N) is 1. The van der Waals surface area contributed by atoms with E-state index in [1.807, 2.05) is 30.3 Å². The van der Waals surface area contributed by atoms with Gasteiger partial charge in [0, 0.05) is 23.2 Å². The molecule has 1 saturated heterocycles. The zero-order valence-corrected chi connectivity index (χ0v) is 24.3. The molecule has 3 N–H and O–H groups in total. The van der Waals surface area contributed by atoms with Crippen LogP contribution in [-0.2, 0) is 16.1 Å². The molecule has 0 unspecified atom stereocenters. The molecule has 232 valence electrons. The lowest BCUT2D eigenvalue weighted by Gasteiger charge is -2.25. The first-order valence-electron chi connectivity index (χ1n) is 14.6. The number of aliphatic hydroxyl groups excluding tert-OH is 1. The number of ether oxygens (including phenoxy) is 1. The molecule has 0 saturated carbocycles.